The molecule has 2 aliphatic heterocycles. The van der Waals surface area contributed by atoms with Crippen molar-refractivity contribution in [2.24, 2.45) is 11.7 Å². The standard InChI is InChI=1S/C22H32N3O9P/c1-13(2)18(22(29)31-3)24-35(30,34-15-7-5-4-6-8-15)32-12-16-19(27)20(28)21(33-16)25-10-9-14(23)11-17(25)26/h4-10,13-14,16,18-21,27-28H,11-12,23H2,1-3H3,(H,24,30)/t14?,16-,18+,19-,20-,21-,35?/m1/s1. The molecular weight excluding hydrogens is 481 g/mol. The molecule has 3 rings (SSSR count). The summed E-state index contributed by atoms with van der Waals surface area (Å²) < 4.78 is 35.3. The lowest BCUT2D eigenvalue weighted by atomic mass is 10.1. The summed E-state index contributed by atoms with van der Waals surface area (Å²) in [4.78, 5) is 25.7. The fraction of sp³-hybridized carbons (Fsp3) is 0.545. The first-order valence-corrected chi connectivity index (χ1v) is 12.7. The molecule has 7 atom stereocenters. The third-order valence-electron chi connectivity index (χ3n) is 5.60. The minimum absolute atomic E-state index is 0.0223. The number of nitrogens with zero attached hydrogens (tertiary/aromatic N) is 1. The predicted octanol–water partition coefficient (Wildman–Crippen LogP) is 0.497. The number of hydrogen-bond donors (Lipinski definition) is 4. The Labute approximate surface area is 203 Å². The van der Waals surface area contributed by atoms with Gasteiger partial charge >= 0.3 is 13.7 Å². The molecule has 0 radical (unpaired) electrons. The number of nitrogens with one attached hydrogen (secondary N) is 1. The topological polar surface area (TPSA) is 170 Å². The van der Waals surface area contributed by atoms with E-state index in [0.717, 1.165) is 4.90 Å². The Morgan fingerprint density at radius 2 is 1.97 bits per heavy atom. The highest BCUT2D eigenvalue weighted by Gasteiger charge is 2.48. The zero-order valence-corrected chi connectivity index (χ0v) is 20.6. The summed E-state index contributed by atoms with van der Waals surface area (Å²) in [6, 6.07) is 6.71. The molecule has 0 bridgehead atoms. The first-order chi connectivity index (χ1) is 16.5. The van der Waals surface area contributed by atoms with Gasteiger partial charge in [-0.2, -0.15) is 5.09 Å². The van der Waals surface area contributed by atoms with E-state index in [1.165, 1.54) is 13.3 Å². The number of benzene rings is 1. The van der Waals surface area contributed by atoms with Gasteiger partial charge in [0.25, 0.3) is 0 Å². The molecule has 0 aromatic heterocycles. The summed E-state index contributed by atoms with van der Waals surface area (Å²) in [7, 11) is -3.02. The summed E-state index contributed by atoms with van der Waals surface area (Å²) in [5.41, 5.74) is 5.73. The zero-order chi connectivity index (χ0) is 25.8. The van der Waals surface area contributed by atoms with E-state index in [-0.39, 0.29) is 24.0 Å². The van der Waals surface area contributed by atoms with Crippen LogP contribution >= 0.6 is 7.75 Å². The molecule has 1 fully saturated rings. The van der Waals surface area contributed by atoms with Crippen molar-refractivity contribution in [3.63, 3.8) is 0 Å². The molecule has 2 aliphatic rings. The lowest BCUT2D eigenvalue weighted by Crippen LogP contribution is -2.47. The second kappa shape index (κ2) is 11.6. The van der Waals surface area contributed by atoms with E-state index in [1.807, 2.05) is 0 Å². The second-order valence-corrected chi connectivity index (χ2v) is 10.3. The molecular formula is C22H32N3O9P. The van der Waals surface area contributed by atoms with Crippen LogP contribution in [0.3, 0.4) is 0 Å². The maximum Gasteiger partial charge on any atom is 0.459 e. The van der Waals surface area contributed by atoms with Crippen LogP contribution in [0.1, 0.15) is 20.3 Å². The Kier molecular flexibility index (Phi) is 9.05. The van der Waals surface area contributed by atoms with Crippen LogP contribution in [-0.4, -0.2) is 77.3 Å². The maximum atomic E-state index is 13.7. The van der Waals surface area contributed by atoms with Crippen LogP contribution in [0.2, 0.25) is 0 Å². The number of hydrogen-bond acceptors (Lipinski definition) is 10. The number of rotatable bonds is 10. The van der Waals surface area contributed by atoms with Crippen molar-refractivity contribution >= 4 is 19.6 Å². The smallest absolute Gasteiger partial charge is 0.459 e. The van der Waals surface area contributed by atoms with Crippen LogP contribution < -0.4 is 15.3 Å². The second-order valence-electron chi connectivity index (χ2n) is 8.63. The van der Waals surface area contributed by atoms with E-state index >= 15 is 0 Å². The normalized spacial score (nSPS) is 29.2. The van der Waals surface area contributed by atoms with Crippen molar-refractivity contribution in [1.29, 1.82) is 0 Å². The monoisotopic (exact) mass is 513 g/mol. The molecule has 12 nitrogen and oxygen atoms in total. The van der Waals surface area contributed by atoms with Gasteiger partial charge < -0.3 is 29.9 Å². The van der Waals surface area contributed by atoms with Gasteiger partial charge in [0, 0.05) is 18.7 Å². The van der Waals surface area contributed by atoms with Crippen molar-refractivity contribution in [3.8, 4) is 5.75 Å². The average molecular weight is 513 g/mol. The number of carbonyl (C=O) groups is 2. The van der Waals surface area contributed by atoms with Gasteiger partial charge in [-0.1, -0.05) is 38.1 Å². The van der Waals surface area contributed by atoms with E-state index in [4.69, 9.17) is 24.3 Å². The van der Waals surface area contributed by atoms with E-state index in [1.54, 1.807) is 50.3 Å². The minimum atomic E-state index is -4.22. The molecule has 13 heteroatoms. The average Bonchev–Trinajstić information content (AvgIpc) is 3.10. The van der Waals surface area contributed by atoms with Crippen molar-refractivity contribution in [3.05, 3.63) is 42.6 Å². The first kappa shape index (κ1) is 27.3. The number of aliphatic hydroxyl groups excluding tert-OH is 2. The molecule has 35 heavy (non-hydrogen) atoms. The van der Waals surface area contributed by atoms with Gasteiger partial charge in [0.1, 0.15) is 30.1 Å². The molecule has 0 saturated carbocycles. The number of methoxy groups -OCH3 is 1. The van der Waals surface area contributed by atoms with Gasteiger partial charge in [0.2, 0.25) is 5.91 Å². The predicted molar refractivity (Wildman–Crippen MR) is 124 cm³/mol. The van der Waals surface area contributed by atoms with Crippen molar-refractivity contribution in [2.75, 3.05) is 13.7 Å². The lowest BCUT2D eigenvalue weighted by molar-refractivity contribution is -0.146. The van der Waals surface area contributed by atoms with Crippen molar-refractivity contribution < 1.29 is 42.9 Å². The summed E-state index contributed by atoms with van der Waals surface area (Å²) in [6.07, 6.45) is -2.24. The molecule has 1 saturated heterocycles. The van der Waals surface area contributed by atoms with Crippen LogP contribution in [0, 0.1) is 5.92 Å². The van der Waals surface area contributed by atoms with Gasteiger partial charge in [0.15, 0.2) is 6.23 Å². The third kappa shape index (κ3) is 6.68. The van der Waals surface area contributed by atoms with E-state index in [2.05, 4.69) is 5.09 Å². The van der Waals surface area contributed by atoms with Crippen LogP contribution in [0.25, 0.3) is 0 Å². The fourth-order valence-electron chi connectivity index (χ4n) is 3.64. The summed E-state index contributed by atoms with van der Waals surface area (Å²) in [5.74, 6) is -1.17. The zero-order valence-electron chi connectivity index (χ0n) is 19.7. The molecule has 1 aromatic carbocycles. The van der Waals surface area contributed by atoms with Crippen molar-refractivity contribution in [2.45, 2.75) is 56.9 Å². The van der Waals surface area contributed by atoms with E-state index in [0.29, 0.717) is 0 Å². The van der Waals surface area contributed by atoms with Crippen LogP contribution in [-0.2, 0) is 28.2 Å². The SMILES string of the molecule is COC(=O)[C@@H](NP(=O)(OC[C@H]1O[C@@H](N2C=CC(N)CC2=O)[C@H](O)[C@@H]1O)Oc1ccccc1)C(C)C. The Bertz CT molecular complexity index is 961. The Balaban J connectivity index is 1.76. The highest BCUT2D eigenvalue weighted by molar-refractivity contribution is 7.52. The third-order valence-corrected chi connectivity index (χ3v) is 7.13. The molecule has 194 valence electrons. The molecule has 5 N–H and O–H groups in total. The van der Waals surface area contributed by atoms with Crippen LogP contribution in [0.4, 0.5) is 0 Å². The summed E-state index contributed by atoms with van der Waals surface area (Å²) in [5, 5.41) is 23.6. The lowest BCUT2D eigenvalue weighted by Gasteiger charge is -2.31. The minimum Gasteiger partial charge on any atom is -0.468 e. The Morgan fingerprint density at radius 1 is 1.29 bits per heavy atom. The Morgan fingerprint density at radius 3 is 2.57 bits per heavy atom. The molecule has 0 aliphatic carbocycles. The number of carbonyl (C=O) groups excluding carboxylic acids is 2. The van der Waals surface area contributed by atoms with E-state index < -0.39 is 56.9 Å². The quantitative estimate of drug-likeness (QED) is 0.254. The molecule has 1 aromatic rings. The molecule has 1 amide bonds. The van der Waals surface area contributed by atoms with Gasteiger partial charge in [-0.25, -0.2) is 4.57 Å². The van der Waals surface area contributed by atoms with Gasteiger partial charge in [-0.3, -0.25) is 19.0 Å². The number of ether oxygens (including phenoxy) is 2. The van der Waals surface area contributed by atoms with E-state index in [9.17, 15) is 24.4 Å². The van der Waals surface area contributed by atoms with Crippen LogP contribution in [0.5, 0.6) is 5.75 Å². The van der Waals surface area contributed by atoms with Gasteiger partial charge in [-0.15, -0.1) is 0 Å². The molecule has 2 heterocycles. The molecule has 0 spiro atoms. The van der Waals surface area contributed by atoms with Gasteiger partial charge in [0.05, 0.1) is 13.7 Å². The van der Waals surface area contributed by atoms with Crippen LogP contribution in [0.15, 0.2) is 42.6 Å². The summed E-state index contributed by atoms with van der Waals surface area (Å²) in [6.45, 7) is 2.96. The number of aliphatic hydroxyl groups is 2. The highest BCUT2D eigenvalue weighted by atomic mass is 31.2. The highest BCUT2D eigenvalue weighted by Crippen LogP contribution is 2.46. The largest absolute Gasteiger partial charge is 0.468 e. The maximum absolute atomic E-state index is 13.7. The summed E-state index contributed by atoms with van der Waals surface area (Å²) >= 11 is 0. The first-order valence-electron chi connectivity index (χ1n) is 11.2. The van der Waals surface area contributed by atoms with Gasteiger partial charge in [-0.05, 0) is 18.1 Å². The Hall–Kier alpha value is -2.31. The fourth-order valence-corrected chi connectivity index (χ4v) is 5.30. The number of nitrogens with two attached hydrogens (primary N) is 1. The number of para-hydroxylation sites is 1. The number of amides is 1. The molecule has 2 unspecified atom stereocenters. The van der Waals surface area contributed by atoms with Crippen molar-refractivity contribution in [1.82, 2.24) is 9.99 Å². The number of esters is 1.